The molecule has 0 unspecified atom stereocenters. The first-order valence-electron chi connectivity index (χ1n) is 9.60. The van der Waals surface area contributed by atoms with Gasteiger partial charge in [0, 0.05) is 39.9 Å². The molecule has 3 nitrogen and oxygen atoms in total. The molecule has 4 heteroatoms. The molecule has 2 aromatic heterocycles. The summed E-state index contributed by atoms with van der Waals surface area (Å²) in [5.74, 6) is 0. The summed E-state index contributed by atoms with van der Waals surface area (Å²) in [6.45, 7) is 2.43. The largest absolute Gasteiger partial charge is 0.337 e. The average Bonchev–Trinajstić information content (AvgIpc) is 3.07. The topological polar surface area (TPSA) is 34.9 Å². The second-order valence-corrected chi connectivity index (χ2v) is 7.97. The molecule has 0 radical (unpaired) electrons. The predicted molar refractivity (Wildman–Crippen MR) is 118 cm³/mol. The van der Waals surface area contributed by atoms with Crippen molar-refractivity contribution in [3.05, 3.63) is 102 Å². The fourth-order valence-electron chi connectivity index (χ4n) is 3.51. The smallest absolute Gasteiger partial charge is 0.139 e. The highest BCUT2D eigenvalue weighted by Gasteiger charge is 2.15. The molecule has 0 amide bonds. The van der Waals surface area contributed by atoms with E-state index in [1.807, 2.05) is 24.4 Å². The Morgan fingerprint density at radius 3 is 2.52 bits per heavy atom. The zero-order valence-corrected chi connectivity index (χ0v) is 17.1. The molecule has 0 atom stereocenters. The SMILES string of the molecule is Cc1c(Cc2ccccc2Sc2ccccc2)cc(-c2cccnc2)n1CC=O. The van der Waals surface area contributed by atoms with Gasteiger partial charge < -0.3 is 9.36 Å². The van der Waals surface area contributed by atoms with Gasteiger partial charge in [0.2, 0.25) is 0 Å². The maximum atomic E-state index is 11.3. The van der Waals surface area contributed by atoms with Gasteiger partial charge in [-0.25, -0.2) is 0 Å². The van der Waals surface area contributed by atoms with Crippen molar-refractivity contribution in [3.63, 3.8) is 0 Å². The number of benzene rings is 2. The highest BCUT2D eigenvalue weighted by atomic mass is 32.2. The van der Waals surface area contributed by atoms with E-state index in [4.69, 9.17) is 0 Å². The maximum Gasteiger partial charge on any atom is 0.139 e. The first kappa shape index (κ1) is 19.2. The number of nitrogens with zero attached hydrogens (tertiary/aromatic N) is 2. The monoisotopic (exact) mass is 398 g/mol. The molecule has 2 aromatic carbocycles. The Morgan fingerprint density at radius 1 is 0.966 bits per heavy atom. The summed E-state index contributed by atoms with van der Waals surface area (Å²) in [6, 6.07) is 25.1. The highest BCUT2D eigenvalue weighted by molar-refractivity contribution is 7.99. The molecule has 0 bridgehead atoms. The van der Waals surface area contributed by atoms with E-state index in [2.05, 4.69) is 71.1 Å². The number of hydrogen-bond acceptors (Lipinski definition) is 3. The summed E-state index contributed by atoms with van der Waals surface area (Å²) in [6.07, 6.45) is 5.39. The number of pyridine rings is 1. The van der Waals surface area contributed by atoms with Gasteiger partial charge in [0.1, 0.15) is 6.29 Å². The van der Waals surface area contributed by atoms with Crippen LogP contribution < -0.4 is 0 Å². The fourth-order valence-corrected chi connectivity index (χ4v) is 4.48. The van der Waals surface area contributed by atoms with Crippen LogP contribution in [0.4, 0.5) is 0 Å². The van der Waals surface area contributed by atoms with Crippen LogP contribution in [0.15, 0.2) is 95.0 Å². The van der Waals surface area contributed by atoms with Crippen LogP contribution >= 0.6 is 11.8 Å². The minimum atomic E-state index is 0.344. The molecule has 144 valence electrons. The number of carbonyl (C=O) groups excluding carboxylic acids is 1. The van der Waals surface area contributed by atoms with Crippen LogP contribution in [0.25, 0.3) is 11.3 Å². The molecule has 0 aliphatic rings. The quantitative estimate of drug-likeness (QED) is 0.369. The molecule has 0 aliphatic heterocycles. The van der Waals surface area contributed by atoms with Gasteiger partial charge in [0.05, 0.1) is 12.2 Å². The van der Waals surface area contributed by atoms with E-state index in [1.54, 1.807) is 18.0 Å². The molecule has 4 aromatic rings. The number of hydrogen-bond donors (Lipinski definition) is 0. The Balaban J connectivity index is 1.69. The average molecular weight is 399 g/mol. The second-order valence-electron chi connectivity index (χ2n) is 6.86. The fraction of sp³-hybridized carbons (Fsp3) is 0.120. The van der Waals surface area contributed by atoms with Gasteiger partial charge in [-0.15, -0.1) is 0 Å². The Labute approximate surface area is 175 Å². The van der Waals surface area contributed by atoms with E-state index in [1.165, 1.54) is 20.9 Å². The van der Waals surface area contributed by atoms with E-state index in [-0.39, 0.29) is 0 Å². The second kappa shape index (κ2) is 8.93. The summed E-state index contributed by atoms with van der Waals surface area (Å²) in [7, 11) is 0. The summed E-state index contributed by atoms with van der Waals surface area (Å²) < 4.78 is 2.08. The minimum Gasteiger partial charge on any atom is -0.337 e. The van der Waals surface area contributed by atoms with Crippen LogP contribution in [-0.2, 0) is 17.8 Å². The van der Waals surface area contributed by atoms with Gasteiger partial charge >= 0.3 is 0 Å². The summed E-state index contributed by atoms with van der Waals surface area (Å²) in [5.41, 5.74) is 5.69. The predicted octanol–water partition coefficient (Wildman–Crippen LogP) is 5.80. The van der Waals surface area contributed by atoms with E-state index in [0.717, 1.165) is 29.7 Å². The van der Waals surface area contributed by atoms with E-state index in [0.29, 0.717) is 6.54 Å². The lowest BCUT2D eigenvalue weighted by molar-refractivity contribution is -0.108. The van der Waals surface area contributed by atoms with E-state index >= 15 is 0 Å². The number of aromatic nitrogens is 2. The van der Waals surface area contributed by atoms with Gasteiger partial charge in [-0.05, 0) is 54.4 Å². The van der Waals surface area contributed by atoms with Crippen molar-refractivity contribution >= 4 is 18.0 Å². The third-order valence-electron chi connectivity index (χ3n) is 5.01. The van der Waals surface area contributed by atoms with Crippen molar-refractivity contribution in [1.29, 1.82) is 0 Å². The Hall–Kier alpha value is -3.11. The third-order valence-corrected chi connectivity index (χ3v) is 6.14. The standard InChI is InChI=1S/C25H22N2OS/c1-19-22(17-24(27(19)14-15-28)21-9-7-13-26-18-21)16-20-8-5-6-12-25(20)29-23-10-3-2-4-11-23/h2-13,15,17-18H,14,16H2,1H3. The normalized spacial score (nSPS) is 10.8. The molecule has 0 spiro atoms. The van der Waals surface area contributed by atoms with Crippen molar-refractivity contribution in [2.24, 2.45) is 0 Å². The van der Waals surface area contributed by atoms with Gasteiger partial charge in [0.15, 0.2) is 0 Å². The van der Waals surface area contributed by atoms with Crippen LogP contribution in [0.3, 0.4) is 0 Å². The van der Waals surface area contributed by atoms with E-state index < -0.39 is 0 Å². The molecule has 0 N–H and O–H groups in total. The van der Waals surface area contributed by atoms with Crippen molar-refractivity contribution < 1.29 is 4.79 Å². The summed E-state index contributed by atoms with van der Waals surface area (Å²) in [4.78, 5) is 18.0. The van der Waals surface area contributed by atoms with Gasteiger partial charge in [0.25, 0.3) is 0 Å². The lowest BCUT2D eigenvalue weighted by atomic mass is 10.0. The molecule has 0 saturated heterocycles. The van der Waals surface area contributed by atoms with Crippen molar-refractivity contribution in [3.8, 4) is 11.3 Å². The number of rotatable bonds is 7. The highest BCUT2D eigenvalue weighted by Crippen LogP contribution is 2.33. The first-order valence-corrected chi connectivity index (χ1v) is 10.4. The first-order chi connectivity index (χ1) is 14.3. The van der Waals surface area contributed by atoms with E-state index in [9.17, 15) is 4.79 Å². The minimum absolute atomic E-state index is 0.344. The van der Waals surface area contributed by atoms with Crippen molar-refractivity contribution in [2.45, 2.75) is 29.7 Å². The maximum absolute atomic E-state index is 11.3. The molecule has 29 heavy (non-hydrogen) atoms. The van der Waals surface area contributed by atoms with Crippen molar-refractivity contribution in [1.82, 2.24) is 9.55 Å². The number of aldehydes is 1. The molecule has 0 fully saturated rings. The zero-order chi connectivity index (χ0) is 20.1. The van der Waals surface area contributed by atoms with Gasteiger partial charge in [-0.1, -0.05) is 48.2 Å². The molecular weight excluding hydrogens is 376 g/mol. The summed E-state index contributed by atoms with van der Waals surface area (Å²) in [5, 5.41) is 0. The Morgan fingerprint density at radius 2 is 1.76 bits per heavy atom. The molecule has 0 saturated carbocycles. The molecular formula is C25H22N2OS. The lowest BCUT2D eigenvalue weighted by Gasteiger charge is -2.10. The lowest BCUT2D eigenvalue weighted by Crippen LogP contribution is -2.04. The van der Waals surface area contributed by atoms with Gasteiger partial charge in [-0.3, -0.25) is 4.98 Å². The van der Waals surface area contributed by atoms with Gasteiger partial charge in [-0.2, -0.15) is 0 Å². The Kier molecular flexibility index (Phi) is 5.92. The molecule has 2 heterocycles. The molecule has 4 rings (SSSR count). The van der Waals surface area contributed by atoms with Crippen LogP contribution in [0, 0.1) is 6.92 Å². The van der Waals surface area contributed by atoms with Crippen molar-refractivity contribution in [2.75, 3.05) is 0 Å². The third kappa shape index (κ3) is 4.33. The van der Waals surface area contributed by atoms with Crippen LogP contribution in [-0.4, -0.2) is 15.8 Å². The zero-order valence-electron chi connectivity index (χ0n) is 16.3. The van der Waals surface area contributed by atoms with Crippen LogP contribution in [0.5, 0.6) is 0 Å². The van der Waals surface area contributed by atoms with Crippen LogP contribution in [0.1, 0.15) is 16.8 Å². The number of carbonyl (C=O) groups is 1. The Bertz CT molecular complexity index is 1100. The molecule has 0 aliphatic carbocycles. The van der Waals surface area contributed by atoms with Crippen LogP contribution in [0.2, 0.25) is 0 Å². The summed E-state index contributed by atoms with van der Waals surface area (Å²) >= 11 is 1.78.